The van der Waals surface area contributed by atoms with Gasteiger partial charge in [0.2, 0.25) is 0 Å². The van der Waals surface area contributed by atoms with Gasteiger partial charge in [-0.25, -0.2) is 0 Å². The molecule has 122 valence electrons. The molecule has 6 atom stereocenters. The van der Waals surface area contributed by atoms with E-state index in [9.17, 15) is 15.3 Å². The molecule has 0 aromatic heterocycles. The fourth-order valence-corrected chi connectivity index (χ4v) is 6.48. The number of aliphatic hydroxyl groups excluding tert-OH is 3. The average molecular weight is 304 g/mol. The van der Waals surface area contributed by atoms with Crippen LogP contribution in [0.1, 0.15) is 58.8 Å². The summed E-state index contributed by atoms with van der Waals surface area (Å²) in [6.45, 7) is 4.55. The highest BCUT2D eigenvalue weighted by Crippen LogP contribution is 2.65. The minimum Gasteiger partial charge on any atom is -0.508 e. The predicted molar refractivity (Wildman–Crippen MR) is 85.4 cm³/mol. The smallest absolute Gasteiger partial charge is 0.163 e. The number of fused-ring (bicyclic) bond motifs is 5. The average Bonchev–Trinajstić information content (AvgIpc) is 2.89. The minimum atomic E-state index is -1.03. The summed E-state index contributed by atoms with van der Waals surface area (Å²) in [4.78, 5) is 0. The topological polar surface area (TPSA) is 60.7 Å². The van der Waals surface area contributed by atoms with Gasteiger partial charge >= 0.3 is 0 Å². The quantitative estimate of drug-likeness (QED) is 0.586. The van der Waals surface area contributed by atoms with Gasteiger partial charge in [-0.1, -0.05) is 18.9 Å². The Labute approximate surface area is 132 Å². The van der Waals surface area contributed by atoms with Crippen LogP contribution in [0, 0.1) is 28.6 Å². The van der Waals surface area contributed by atoms with Crippen LogP contribution in [0.4, 0.5) is 0 Å². The SMILES string of the molecule is C[C@@]12CCC[C@H]1[C@@H]1CCC3=CC(O)C(O)=C(O)[C@]3(C)[C@H]1CC2. The van der Waals surface area contributed by atoms with Gasteiger partial charge in [-0.05, 0) is 74.7 Å². The summed E-state index contributed by atoms with van der Waals surface area (Å²) in [6, 6.07) is 0. The Morgan fingerprint density at radius 1 is 1.05 bits per heavy atom. The van der Waals surface area contributed by atoms with Crippen LogP contribution >= 0.6 is 0 Å². The van der Waals surface area contributed by atoms with Gasteiger partial charge in [-0.3, -0.25) is 0 Å². The van der Waals surface area contributed by atoms with Gasteiger partial charge in [0.05, 0.1) is 5.41 Å². The zero-order valence-electron chi connectivity index (χ0n) is 13.7. The van der Waals surface area contributed by atoms with Crippen LogP contribution in [0.15, 0.2) is 23.2 Å². The molecule has 3 saturated carbocycles. The molecule has 3 nitrogen and oxygen atoms in total. The van der Waals surface area contributed by atoms with Crippen molar-refractivity contribution in [2.24, 2.45) is 28.6 Å². The fourth-order valence-electron chi connectivity index (χ4n) is 6.48. The first-order chi connectivity index (χ1) is 10.4. The number of hydrogen-bond acceptors (Lipinski definition) is 3. The summed E-state index contributed by atoms with van der Waals surface area (Å²) in [6.07, 6.45) is 9.25. The summed E-state index contributed by atoms with van der Waals surface area (Å²) in [5.74, 6) is 1.62. The van der Waals surface area contributed by atoms with Gasteiger partial charge in [0.25, 0.3) is 0 Å². The first kappa shape index (κ1) is 14.6. The Kier molecular flexibility index (Phi) is 3.01. The monoisotopic (exact) mass is 304 g/mol. The van der Waals surface area contributed by atoms with Gasteiger partial charge in [0.1, 0.15) is 11.9 Å². The molecule has 0 heterocycles. The Morgan fingerprint density at radius 3 is 2.59 bits per heavy atom. The van der Waals surface area contributed by atoms with Crippen LogP contribution in [-0.4, -0.2) is 21.4 Å². The summed E-state index contributed by atoms with van der Waals surface area (Å²) < 4.78 is 0. The lowest BCUT2D eigenvalue weighted by atomic mass is 9.48. The van der Waals surface area contributed by atoms with Crippen LogP contribution < -0.4 is 0 Å². The summed E-state index contributed by atoms with van der Waals surface area (Å²) in [7, 11) is 0. The zero-order valence-corrected chi connectivity index (χ0v) is 13.7. The van der Waals surface area contributed by atoms with Gasteiger partial charge in [-0.2, -0.15) is 0 Å². The van der Waals surface area contributed by atoms with Gasteiger partial charge in [0, 0.05) is 0 Å². The lowest BCUT2D eigenvalue weighted by Gasteiger charge is -2.57. The maximum Gasteiger partial charge on any atom is 0.163 e. The van der Waals surface area contributed by atoms with E-state index in [0.29, 0.717) is 17.3 Å². The van der Waals surface area contributed by atoms with E-state index >= 15 is 0 Å². The van der Waals surface area contributed by atoms with E-state index in [1.54, 1.807) is 6.08 Å². The van der Waals surface area contributed by atoms with Crippen molar-refractivity contribution >= 4 is 0 Å². The molecule has 0 saturated heterocycles. The highest BCUT2D eigenvalue weighted by molar-refractivity contribution is 5.38. The molecule has 4 aliphatic carbocycles. The van der Waals surface area contributed by atoms with Crippen molar-refractivity contribution in [3.05, 3.63) is 23.2 Å². The number of hydrogen-bond donors (Lipinski definition) is 3. The molecular weight excluding hydrogens is 276 g/mol. The van der Waals surface area contributed by atoms with Crippen molar-refractivity contribution in [1.82, 2.24) is 0 Å². The largest absolute Gasteiger partial charge is 0.508 e. The molecular formula is C19H28O3. The van der Waals surface area contributed by atoms with Crippen molar-refractivity contribution in [2.45, 2.75) is 64.9 Å². The molecule has 4 aliphatic rings. The van der Waals surface area contributed by atoms with Crippen LogP contribution in [-0.2, 0) is 0 Å². The second kappa shape index (κ2) is 4.53. The van der Waals surface area contributed by atoms with E-state index in [0.717, 1.165) is 24.3 Å². The second-order valence-electron chi connectivity index (χ2n) is 8.57. The Hall–Kier alpha value is -0.960. The molecule has 1 unspecified atom stereocenters. The second-order valence-corrected chi connectivity index (χ2v) is 8.57. The van der Waals surface area contributed by atoms with Crippen LogP contribution in [0.25, 0.3) is 0 Å². The fraction of sp³-hybridized carbons (Fsp3) is 0.789. The van der Waals surface area contributed by atoms with E-state index in [-0.39, 0.29) is 11.5 Å². The third-order valence-electron chi connectivity index (χ3n) is 7.75. The van der Waals surface area contributed by atoms with E-state index in [4.69, 9.17) is 0 Å². The Balaban J connectivity index is 1.76. The molecule has 0 radical (unpaired) electrons. The first-order valence-corrected chi connectivity index (χ1v) is 8.90. The Morgan fingerprint density at radius 2 is 1.82 bits per heavy atom. The number of aliphatic hydroxyl groups is 3. The van der Waals surface area contributed by atoms with Crippen LogP contribution in [0.5, 0.6) is 0 Å². The molecule has 0 spiro atoms. The van der Waals surface area contributed by atoms with Gasteiger partial charge in [0.15, 0.2) is 5.76 Å². The molecule has 0 aromatic rings. The molecule has 0 aliphatic heterocycles. The van der Waals surface area contributed by atoms with Gasteiger partial charge in [-0.15, -0.1) is 0 Å². The highest BCUT2D eigenvalue weighted by Gasteiger charge is 2.58. The highest BCUT2D eigenvalue weighted by atomic mass is 16.3. The molecule has 22 heavy (non-hydrogen) atoms. The summed E-state index contributed by atoms with van der Waals surface area (Å²) in [5.41, 5.74) is 1.17. The van der Waals surface area contributed by atoms with Crippen LogP contribution in [0.2, 0.25) is 0 Å². The first-order valence-electron chi connectivity index (χ1n) is 8.90. The van der Waals surface area contributed by atoms with Crippen molar-refractivity contribution in [3.8, 4) is 0 Å². The zero-order chi connectivity index (χ0) is 15.7. The van der Waals surface area contributed by atoms with E-state index in [2.05, 4.69) is 13.8 Å². The lowest BCUT2D eigenvalue weighted by Crippen LogP contribution is -2.50. The third-order valence-corrected chi connectivity index (χ3v) is 7.75. The molecule has 3 heteroatoms. The van der Waals surface area contributed by atoms with Crippen molar-refractivity contribution in [1.29, 1.82) is 0 Å². The van der Waals surface area contributed by atoms with Gasteiger partial charge < -0.3 is 15.3 Å². The summed E-state index contributed by atoms with van der Waals surface area (Å²) >= 11 is 0. The normalized spacial score (nSPS) is 51.0. The van der Waals surface area contributed by atoms with Crippen molar-refractivity contribution in [3.63, 3.8) is 0 Å². The Bertz CT molecular complexity index is 563. The standard InChI is InChI=1S/C19H28O3/c1-18-8-3-4-13(18)12-6-5-11-10-15(20)16(21)17(22)19(11,2)14(12)7-9-18/h10,12-15,20-22H,3-9H2,1-2H3/t12-,13-,14-,15?,18-,19-/m0/s1. The molecule has 4 rings (SSSR count). The van der Waals surface area contributed by atoms with Crippen molar-refractivity contribution < 1.29 is 15.3 Å². The maximum absolute atomic E-state index is 10.7. The molecule has 0 amide bonds. The summed E-state index contributed by atoms with van der Waals surface area (Å²) in [5, 5.41) is 30.7. The molecule has 3 fully saturated rings. The third kappa shape index (κ3) is 1.66. The molecule has 0 bridgehead atoms. The molecule has 3 N–H and O–H groups in total. The van der Waals surface area contributed by atoms with Crippen LogP contribution in [0.3, 0.4) is 0 Å². The maximum atomic E-state index is 10.7. The number of allylic oxidation sites excluding steroid dienone is 1. The molecule has 0 aromatic carbocycles. The van der Waals surface area contributed by atoms with E-state index < -0.39 is 11.5 Å². The van der Waals surface area contributed by atoms with E-state index in [1.165, 1.54) is 32.1 Å². The van der Waals surface area contributed by atoms with E-state index in [1.807, 2.05) is 0 Å². The lowest BCUT2D eigenvalue weighted by molar-refractivity contribution is -0.0371. The predicted octanol–water partition coefficient (Wildman–Crippen LogP) is 4.25. The van der Waals surface area contributed by atoms with Crippen molar-refractivity contribution in [2.75, 3.05) is 0 Å². The number of rotatable bonds is 0. The minimum absolute atomic E-state index is 0.0359.